The van der Waals surface area contributed by atoms with Gasteiger partial charge in [-0.15, -0.1) is 0 Å². The molecule has 0 heterocycles. The molecule has 0 unspecified atom stereocenters. The summed E-state index contributed by atoms with van der Waals surface area (Å²) in [6.07, 6.45) is 1.79. The van der Waals surface area contributed by atoms with Crippen LogP contribution in [0.3, 0.4) is 0 Å². The van der Waals surface area contributed by atoms with E-state index in [1.165, 1.54) is 17.7 Å². The molecule has 0 N–H and O–H groups in total. The van der Waals surface area contributed by atoms with E-state index < -0.39 is 0 Å². The van der Waals surface area contributed by atoms with Gasteiger partial charge in [-0.05, 0) is 71.2 Å². The van der Waals surface area contributed by atoms with Crippen molar-refractivity contribution in [1.29, 1.82) is 0 Å². The van der Waals surface area contributed by atoms with Crippen molar-refractivity contribution in [3.8, 4) is 5.75 Å². The summed E-state index contributed by atoms with van der Waals surface area (Å²) in [5, 5.41) is 0. The second-order valence-electron chi connectivity index (χ2n) is 6.27. The predicted molar refractivity (Wildman–Crippen MR) is 116 cm³/mol. The summed E-state index contributed by atoms with van der Waals surface area (Å²) in [5.41, 5.74) is 4.82. The number of ether oxygens (including phenoxy) is 1. The fraction of sp³-hybridized carbons (Fsp3) is 0.136. The monoisotopic (exact) mass is 489 g/mol. The number of halogens is 3. The molecule has 0 bridgehead atoms. The van der Waals surface area contributed by atoms with Crippen LogP contribution < -0.4 is 4.74 Å². The Morgan fingerprint density at radius 2 is 1.85 bits per heavy atom. The molecular weight excluding hydrogens is 473 g/mol. The second-order valence-corrected chi connectivity index (χ2v) is 8.04. The molecule has 0 radical (unpaired) electrons. The van der Waals surface area contributed by atoms with Gasteiger partial charge in [0.1, 0.15) is 18.2 Å². The maximum atomic E-state index is 13.4. The number of aryl methyl sites for hydroxylation is 2. The van der Waals surface area contributed by atoms with Crippen molar-refractivity contribution in [3.05, 3.63) is 91.6 Å². The van der Waals surface area contributed by atoms with Gasteiger partial charge in [-0.3, -0.25) is 4.99 Å². The number of hydrogen-bond acceptors (Lipinski definition) is 2. The molecular formula is C22H18Br2FNO. The first-order valence-electron chi connectivity index (χ1n) is 8.40. The highest BCUT2D eigenvalue weighted by Crippen LogP contribution is 2.33. The summed E-state index contributed by atoms with van der Waals surface area (Å²) >= 11 is 7.05. The van der Waals surface area contributed by atoms with Crippen molar-refractivity contribution in [2.45, 2.75) is 20.5 Å². The number of nitrogens with zero attached hydrogens (tertiary/aromatic N) is 1. The Bertz CT molecular complexity index is 1000. The lowest BCUT2D eigenvalue weighted by molar-refractivity contribution is 0.303. The minimum absolute atomic E-state index is 0.266. The maximum absolute atomic E-state index is 13.4. The summed E-state index contributed by atoms with van der Waals surface area (Å²) in [7, 11) is 0. The molecule has 0 aliphatic heterocycles. The van der Waals surface area contributed by atoms with Crippen molar-refractivity contribution in [1.82, 2.24) is 0 Å². The van der Waals surface area contributed by atoms with Crippen LogP contribution in [0.4, 0.5) is 10.1 Å². The highest BCUT2D eigenvalue weighted by Gasteiger charge is 2.10. The molecule has 0 aliphatic rings. The Hall–Kier alpha value is -1.98. The average molecular weight is 491 g/mol. The van der Waals surface area contributed by atoms with Crippen LogP contribution in [-0.2, 0) is 6.61 Å². The van der Waals surface area contributed by atoms with E-state index in [-0.39, 0.29) is 12.4 Å². The van der Waals surface area contributed by atoms with Gasteiger partial charge < -0.3 is 4.74 Å². The molecule has 0 atom stereocenters. The van der Waals surface area contributed by atoms with Gasteiger partial charge in [-0.2, -0.15) is 0 Å². The third-order valence-corrected chi connectivity index (χ3v) is 5.05. The largest absolute Gasteiger partial charge is 0.487 e. The Kier molecular flexibility index (Phi) is 6.45. The zero-order chi connectivity index (χ0) is 19.4. The molecule has 0 saturated carbocycles. The van der Waals surface area contributed by atoms with Gasteiger partial charge in [0.05, 0.1) is 10.2 Å². The van der Waals surface area contributed by atoms with Crippen molar-refractivity contribution in [2.24, 2.45) is 4.99 Å². The lowest BCUT2D eigenvalue weighted by atomic mass is 10.1. The molecule has 5 heteroatoms. The van der Waals surface area contributed by atoms with Gasteiger partial charge in [0.15, 0.2) is 0 Å². The molecule has 3 aromatic rings. The summed E-state index contributed by atoms with van der Waals surface area (Å²) in [5.74, 6) is 0.388. The first kappa shape index (κ1) is 19.8. The first-order valence-corrected chi connectivity index (χ1v) is 9.98. The molecule has 3 aromatic carbocycles. The van der Waals surface area contributed by atoms with E-state index in [9.17, 15) is 4.39 Å². The second kappa shape index (κ2) is 8.81. The van der Waals surface area contributed by atoms with E-state index in [1.54, 1.807) is 12.3 Å². The molecule has 138 valence electrons. The van der Waals surface area contributed by atoms with E-state index in [4.69, 9.17) is 4.74 Å². The highest BCUT2D eigenvalue weighted by atomic mass is 79.9. The normalized spacial score (nSPS) is 11.1. The third-order valence-electron chi connectivity index (χ3n) is 4.00. The Labute approximate surface area is 175 Å². The number of hydrogen-bond donors (Lipinski definition) is 0. The van der Waals surface area contributed by atoms with Crippen LogP contribution in [0.1, 0.15) is 22.3 Å². The van der Waals surface area contributed by atoms with Crippen molar-refractivity contribution >= 4 is 43.8 Å². The molecule has 0 aliphatic carbocycles. The predicted octanol–water partition coefficient (Wildman–Crippen LogP) is 7.30. The average Bonchev–Trinajstić information content (AvgIpc) is 2.60. The number of aliphatic imine (C=N–C) groups is 1. The minimum atomic E-state index is -0.275. The van der Waals surface area contributed by atoms with E-state index in [1.807, 2.05) is 37.3 Å². The standard InChI is InChI=1S/C22H18Br2FNO/c1-14-6-7-21(15(2)8-14)26-12-17-10-18(23)11-20(24)22(17)27-13-16-4-3-5-19(25)9-16/h3-12H,13H2,1-2H3. The summed E-state index contributed by atoms with van der Waals surface area (Å²) in [4.78, 5) is 4.62. The van der Waals surface area contributed by atoms with Crippen LogP contribution in [0, 0.1) is 19.7 Å². The van der Waals surface area contributed by atoms with Gasteiger partial charge >= 0.3 is 0 Å². The lowest BCUT2D eigenvalue weighted by Gasteiger charge is -2.12. The maximum Gasteiger partial charge on any atom is 0.142 e. The van der Waals surface area contributed by atoms with Crippen LogP contribution in [-0.4, -0.2) is 6.21 Å². The van der Waals surface area contributed by atoms with Gasteiger partial charge in [0, 0.05) is 16.3 Å². The van der Waals surface area contributed by atoms with Gasteiger partial charge in [-0.25, -0.2) is 4.39 Å². The zero-order valence-electron chi connectivity index (χ0n) is 15.0. The summed E-state index contributed by atoms with van der Waals surface area (Å²) in [6.45, 7) is 4.37. The fourth-order valence-corrected chi connectivity index (χ4v) is 4.07. The van der Waals surface area contributed by atoms with Crippen molar-refractivity contribution in [2.75, 3.05) is 0 Å². The van der Waals surface area contributed by atoms with Crippen LogP contribution in [0.5, 0.6) is 5.75 Å². The van der Waals surface area contributed by atoms with Crippen LogP contribution in [0.25, 0.3) is 0 Å². The third kappa shape index (κ3) is 5.27. The Morgan fingerprint density at radius 1 is 1.04 bits per heavy atom. The molecule has 2 nitrogen and oxygen atoms in total. The molecule has 0 aromatic heterocycles. The minimum Gasteiger partial charge on any atom is -0.487 e. The lowest BCUT2D eigenvalue weighted by Crippen LogP contribution is -2.00. The quantitative estimate of drug-likeness (QED) is 0.344. The first-order chi connectivity index (χ1) is 12.9. The summed E-state index contributed by atoms with van der Waals surface area (Å²) < 4.78 is 21.1. The zero-order valence-corrected chi connectivity index (χ0v) is 18.1. The number of rotatable bonds is 5. The molecule has 3 rings (SSSR count). The Morgan fingerprint density at radius 3 is 2.59 bits per heavy atom. The van der Waals surface area contributed by atoms with Crippen LogP contribution >= 0.6 is 31.9 Å². The molecule has 27 heavy (non-hydrogen) atoms. The van der Waals surface area contributed by atoms with Crippen LogP contribution in [0.2, 0.25) is 0 Å². The van der Waals surface area contributed by atoms with Gasteiger partial charge in [-0.1, -0.05) is 45.8 Å². The molecule has 0 spiro atoms. The van der Waals surface area contributed by atoms with E-state index >= 15 is 0 Å². The fourth-order valence-electron chi connectivity index (χ4n) is 2.70. The topological polar surface area (TPSA) is 21.6 Å². The van der Waals surface area contributed by atoms with Gasteiger partial charge in [0.2, 0.25) is 0 Å². The summed E-state index contributed by atoms with van der Waals surface area (Å²) in [6, 6.07) is 16.4. The van der Waals surface area contributed by atoms with Crippen molar-refractivity contribution < 1.29 is 9.13 Å². The molecule has 0 saturated heterocycles. The molecule has 0 amide bonds. The van der Waals surface area contributed by atoms with E-state index in [2.05, 4.69) is 49.8 Å². The number of benzene rings is 3. The Balaban J connectivity index is 1.89. The van der Waals surface area contributed by atoms with E-state index in [0.29, 0.717) is 5.75 Å². The SMILES string of the molecule is Cc1ccc(N=Cc2cc(Br)cc(Br)c2OCc2cccc(F)c2)c(C)c1. The van der Waals surface area contributed by atoms with Gasteiger partial charge in [0.25, 0.3) is 0 Å². The molecule has 0 fully saturated rings. The van der Waals surface area contributed by atoms with E-state index in [0.717, 1.165) is 31.3 Å². The van der Waals surface area contributed by atoms with Crippen molar-refractivity contribution in [3.63, 3.8) is 0 Å². The highest BCUT2D eigenvalue weighted by molar-refractivity contribution is 9.11. The smallest absolute Gasteiger partial charge is 0.142 e. The van der Waals surface area contributed by atoms with Crippen LogP contribution in [0.15, 0.2) is 68.5 Å².